The standard InChI is InChI=1S/C14H22O2S/c15-14(16)11-7-5-3-1-2-4-6-9-13-10-8-12-17-13/h8,10,12H,1-7,9,11H2,(H,15,16)/p-1. The van der Waals surface area contributed by atoms with Gasteiger partial charge in [-0.1, -0.05) is 38.2 Å². The van der Waals surface area contributed by atoms with Gasteiger partial charge in [0, 0.05) is 10.8 Å². The van der Waals surface area contributed by atoms with E-state index < -0.39 is 5.97 Å². The fraction of sp³-hybridized carbons (Fsp3) is 0.643. The molecule has 0 N–H and O–H groups in total. The minimum absolute atomic E-state index is 0.221. The van der Waals surface area contributed by atoms with Crippen LogP contribution in [-0.4, -0.2) is 5.97 Å². The Morgan fingerprint density at radius 1 is 1.06 bits per heavy atom. The van der Waals surface area contributed by atoms with Gasteiger partial charge in [-0.25, -0.2) is 0 Å². The number of rotatable bonds is 10. The molecule has 2 nitrogen and oxygen atoms in total. The van der Waals surface area contributed by atoms with E-state index in [1.54, 1.807) is 0 Å². The number of carboxylic acids is 1. The molecule has 0 fully saturated rings. The number of carbonyl (C=O) groups excluding carboxylic acids is 1. The lowest BCUT2D eigenvalue weighted by molar-refractivity contribution is -0.305. The third-order valence-corrected chi connectivity index (χ3v) is 3.82. The first-order valence-electron chi connectivity index (χ1n) is 6.51. The van der Waals surface area contributed by atoms with Gasteiger partial charge in [0.2, 0.25) is 0 Å². The Hall–Kier alpha value is -0.830. The van der Waals surface area contributed by atoms with E-state index in [0.717, 1.165) is 19.3 Å². The number of aryl methyl sites for hydroxylation is 1. The van der Waals surface area contributed by atoms with Crippen LogP contribution in [0.3, 0.4) is 0 Å². The molecule has 0 aliphatic carbocycles. The van der Waals surface area contributed by atoms with Crippen molar-refractivity contribution in [3.8, 4) is 0 Å². The monoisotopic (exact) mass is 253 g/mol. The molecule has 96 valence electrons. The Morgan fingerprint density at radius 3 is 2.29 bits per heavy atom. The quantitative estimate of drug-likeness (QED) is 0.601. The normalized spacial score (nSPS) is 10.6. The number of carbonyl (C=O) groups is 1. The van der Waals surface area contributed by atoms with Gasteiger partial charge in [-0.3, -0.25) is 0 Å². The lowest BCUT2D eigenvalue weighted by Crippen LogP contribution is -2.21. The van der Waals surface area contributed by atoms with Crippen LogP contribution in [0, 0.1) is 0 Å². The molecule has 0 atom stereocenters. The van der Waals surface area contributed by atoms with Crippen LogP contribution in [0.2, 0.25) is 0 Å². The molecule has 1 heterocycles. The molecule has 0 amide bonds. The Bertz CT molecular complexity index is 293. The number of thiophene rings is 1. The lowest BCUT2D eigenvalue weighted by Gasteiger charge is -2.02. The highest BCUT2D eigenvalue weighted by atomic mass is 32.1. The van der Waals surface area contributed by atoms with Gasteiger partial charge >= 0.3 is 0 Å². The molecule has 0 saturated carbocycles. The molecule has 0 aliphatic rings. The first kappa shape index (κ1) is 14.2. The second-order valence-corrected chi connectivity index (χ2v) is 5.46. The highest BCUT2D eigenvalue weighted by Gasteiger charge is 1.95. The van der Waals surface area contributed by atoms with Crippen LogP contribution in [0.4, 0.5) is 0 Å². The van der Waals surface area contributed by atoms with Crippen molar-refractivity contribution in [3.63, 3.8) is 0 Å². The molecular formula is C14H21O2S-. The summed E-state index contributed by atoms with van der Waals surface area (Å²) >= 11 is 1.84. The zero-order chi connectivity index (χ0) is 12.3. The summed E-state index contributed by atoms with van der Waals surface area (Å²) < 4.78 is 0. The van der Waals surface area contributed by atoms with Gasteiger partial charge in [-0.15, -0.1) is 11.3 Å². The molecular weight excluding hydrogens is 232 g/mol. The molecule has 1 rings (SSSR count). The summed E-state index contributed by atoms with van der Waals surface area (Å²) in [6.45, 7) is 0. The largest absolute Gasteiger partial charge is 0.550 e. The molecule has 0 saturated heterocycles. The highest BCUT2D eigenvalue weighted by molar-refractivity contribution is 7.09. The lowest BCUT2D eigenvalue weighted by atomic mass is 10.1. The smallest absolute Gasteiger partial charge is 0.0414 e. The van der Waals surface area contributed by atoms with Crippen LogP contribution in [-0.2, 0) is 11.2 Å². The summed E-state index contributed by atoms with van der Waals surface area (Å²) in [5.74, 6) is -0.916. The van der Waals surface area contributed by atoms with Crippen LogP contribution in [0.25, 0.3) is 0 Å². The van der Waals surface area contributed by atoms with Crippen LogP contribution >= 0.6 is 11.3 Å². The summed E-state index contributed by atoms with van der Waals surface area (Å²) in [4.78, 5) is 11.7. The predicted octanol–water partition coefficient (Wildman–Crippen LogP) is 3.16. The van der Waals surface area contributed by atoms with E-state index in [4.69, 9.17) is 0 Å². The van der Waals surface area contributed by atoms with Crippen molar-refractivity contribution in [2.24, 2.45) is 0 Å². The zero-order valence-electron chi connectivity index (χ0n) is 10.3. The van der Waals surface area contributed by atoms with Gasteiger partial charge in [-0.05, 0) is 37.1 Å². The van der Waals surface area contributed by atoms with E-state index >= 15 is 0 Å². The molecule has 1 aromatic rings. The molecule has 17 heavy (non-hydrogen) atoms. The second kappa shape index (κ2) is 9.23. The third-order valence-electron chi connectivity index (χ3n) is 2.88. The van der Waals surface area contributed by atoms with Crippen molar-refractivity contribution in [2.45, 2.75) is 57.8 Å². The number of unbranched alkanes of at least 4 members (excludes halogenated alkanes) is 6. The van der Waals surface area contributed by atoms with Crippen LogP contribution in [0.15, 0.2) is 17.5 Å². The predicted molar refractivity (Wildman–Crippen MR) is 70.0 cm³/mol. The van der Waals surface area contributed by atoms with Crippen LogP contribution in [0.1, 0.15) is 56.2 Å². The first-order valence-corrected chi connectivity index (χ1v) is 7.39. The van der Waals surface area contributed by atoms with E-state index in [0.29, 0.717) is 0 Å². The minimum Gasteiger partial charge on any atom is -0.550 e. The molecule has 3 heteroatoms. The van der Waals surface area contributed by atoms with E-state index in [1.165, 1.54) is 37.0 Å². The first-order chi connectivity index (χ1) is 8.29. The molecule has 0 radical (unpaired) electrons. The van der Waals surface area contributed by atoms with E-state index in [-0.39, 0.29) is 6.42 Å². The number of carboxylic acid groups (broad SMARTS) is 1. The molecule has 0 unspecified atom stereocenters. The number of hydrogen-bond donors (Lipinski definition) is 0. The van der Waals surface area contributed by atoms with E-state index in [9.17, 15) is 9.90 Å². The van der Waals surface area contributed by atoms with Crippen molar-refractivity contribution in [3.05, 3.63) is 22.4 Å². The average Bonchev–Trinajstić information content (AvgIpc) is 2.79. The highest BCUT2D eigenvalue weighted by Crippen LogP contribution is 2.14. The maximum Gasteiger partial charge on any atom is 0.0414 e. The van der Waals surface area contributed by atoms with Crippen molar-refractivity contribution in [2.75, 3.05) is 0 Å². The SMILES string of the molecule is O=C([O-])CCCCCCCCCc1cccs1. The second-order valence-electron chi connectivity index (χ2n) is 4.43. The summed E-state index contributed by atoms with van der Waals surface area (Å²) in [6.07, 6.45) is 9.47. The summed E-state index contributed by atoms with van der Waals surface area (Å²) in [6, 6.07) is 4.31. The number of hydrogen-bond acceptors (Lipinski definition) is 3. The van der Waals surface area contributed by atoms with Gasteiger partial charge in [0.25, 0.3) is 0 Å². The topological polar surface area (TPSA) is 40.1 Å². The summed E-state index contributed by atoms with van der Waals surface area (Å²) in [5.41, 5.74) is 0. The van der Waals surface area contributed by atoms with Gasteiger partial charge in [0.1, 0.15) is 0 Å². The molecule has 0 aromatic carbocycles. The van der Waals surface area contributed by atoms with Crippen LogP contribution in [0.5, 0.6) is 0 Å². The van der Waals surface area contributed by atoms with E-state index in [1.807, 2.05) is 11.3 Å². The Morgan fingerprint density at radius 2 is 1.71 bits per heavy atom. The molecule has 0 bridgehead atoms. The Balaban J connectivity index is 1.80. The van der Waals surface area contributed by atoms with Crippen molar-refractivity contribution in [1.82, 2.24) is 0 Å². The Kier molecular flexibility index (Phi) is 7.72. The van der Waals surface area contributed by atoms with Gasteiger partial charge in [-0.2, -0.15) is 0 Å². The van der Waals surface area contributed by atoms with Crippen molar-refractivity contribution < 1.29 is 9.90 Å². The summed E-state index contributed by atoms with van der Waals surface area (Å²) in [7, 11) is 0. The van der Waals surface area contributed by atoms with Crippen molar-refractivity contribution in [1.29, 1.82) is 0 Å². The fourth-order valence-corrected chi connectivity index (χ4v) is 2.66. The van der Waals surface area contributed by atoms with Gasteiger partial charge < -0.3 is 9.90 Å². The minimum atomic E-state index is -0.916. The third kappa shape index (κ3) is 7.97. The van der Waals surface area contributed by atoms with E-state index in [2.05, 4.69) is 17.5 Å². The van der Waals surface area contributed by atoms with Gasteiger partial charge in [0.15, 0.2) is 0 Å². The van der Waals surface area contributed by atoms with Gasteiger partial charge in [0.05, 0.1) is 0 Å². The fourth-order valence-electron chi connectivity index (χ4n) is 1.91. The number of aliphatic carboxylic acids is 1. The zero-order valence-corrected chi connectivity index (χ0v) is 11.1. The summed E-state index contributed by atoms with van der Waals surface area (Å²) in [5, 5.41) is 12.3. The maximum atomic E-state index is 10.2. The maximum absolute atomic E-state index is 10.2. The Labute approximate surface area is 108 Å². The van der Waals surface area contributed by atoms with Crippen LogP contribution < -0.4 is 5.11 Å². The van der Waals surface area contributed by atoms with Crippen molar-refractivity contribution >= 4 is 17.3 Å². The molecule has 0 aliphatic heterocycles. The molecule has 1 aromatic heterocycles. The average molecular weight is 253 g/mol. The molecule has 0 spiro atoms.